The number of nitrogens with two attached hydrogens (primary N) is 2. The Balaban J connectivity index is -0.0000000267. The van der Waals surface area contributed by atoms with E-state index in [4.69, 9.17) is 0 Å². The summed E-state index contributed by atoms with van der Waals surface area (Å²) in [5, 5.41) is 0. The molecular weight excluding hydrogens is 148 g/mol. The van der Waals surface area contributed by atoms with Crippen LogP contribution in [-0.2, 0) is 0 Å². The minimum Gasteiger partial charge on any atom is -1.00 e. The molecule has 0 amide bonds. The number of hydrogen-bond acceptors (Lipinski definition) is 1. The van der Waals surface area contributed by atoms with E-state index in [2.05, 4.69) is 27.8 Å². The molecular formula is CH6Cl2N3Na. The second kappa shape index (κ2) is 9.97. The molecule has 6 heteroatoms. The normalized spacial score (nSPS) is 4.71. The van der Waals surface area contributed by atoms with Crippen LogP contribution in [0.4, 0.5) is 0 Å². The van der Waals surface area contributed by atoms with Crippen molar-refractivity contribution in [3.8, 4) is 0 Å². The van der Waals surface area contributed by atoms with Gasteiger partial charge in [0.1, 0.15) is 0 Å². The van der Waals surface area contributed by atoms with Crippen molar-refractivity contribution >= 4 is 30.1 Å². The fourth-order valence-corrected chi connectivity index (χ4v) is 0. The first-order valence-electron chi connectivity index (χ1n) is 0.970. The Bertz CT molecular complexity index is 55.2. The van der Waals surface area contributed by atoms with Gasteiger partial charge in [0.05, 0.1) is 0 Å². The fourth-order valence-electron chi connectivity index (χ4n) is 0. The molecule has 0 aromatic heterocycles. The minimum absolute atomic E-state index is 0. The van der Waals surface area contributed by atoms with Gasteiger partial charge in [-0.2, -0.15) is 0 Å². The van der Waals surface area contributed by atoms with Crippen molar-refractivity contribution in [3.05, 3.63) is 0 Å². The van der Waals surface area contributed by atoms with E-state index >= 15 is 0 Å². The molecule has 0 unspecified atom stereocenters. The summed E-state index contributed by atoms with van der Waals surface area (Å²) < 4.78 is 2.83. The zero-order valence-electron chi connectivity index (χ0n) is 4.89. The third-order valence-electron chi connectivity index (χ3n) is 0.0976. The van der Waals surface area contributed by atoms with E-state index in [1.165, 1.54) is 0 Å². The number of rotatable bonds is 0. The summed E-state index contributed by atoms with van der Waals surface area (Å²) in [5.74, 6) is -0.105. The van der Waals surface area contributed by atoms with E-state index < -0.39 is 0 Å². The van der Waals surface area contributed by atoms with Gasteiger partial charge in [-0.05, 0) is 0 Å². The van der Waals surface area contributed by atoms with E-state index in [1.807, 2.05) is 0 Å². The van der Waals surface area contributed by atoms with Crippen molar-refractivity contribution < 1.29 is 31.0 Å². The van der Waals surface area contributed by atoms with Gasteiger partial charge in [-0.15, -0.1) is 16.9 Å². The maximum Gasteiger partial charge on any atom is 1.00 e. The first kappa shape index (κ1) is 15.7. The standard InChI is InChI=1S/CH4ClN3.ClH.Na.H/c2-5-1(3)4;;;/h(H4,3,4,5);1H;;/q;;+1;-1. The Morgan fingerprint density at radius 2 is 1.71 bits per heavy atom. The van der Waals surface area contributed by atoms with Crippen LogP contribution in [0.5, 0.6) is 0 Å². The first-order chi connectivity index (χ1) is 2.27. The molecule has 0 atom stereocenters. The monoisotopic (exact) mass is 153 g/mol. The Labute approximate surface area is 76.8 Å². The minimum atomic E-state index is -0.105. The summed E-state index contributed by atoms with van der Waals surface area (Å²) in [6.07, 6.45) is 0. The van der Waals surface area contributed by atoms with Crippen LogP contribution < -0.4 is 41.0 Å². The topological polar surface area (TPSA) is 64.4 Å². The van der Waals surface area contributed by atoms with Crippen LogP contribution in [0, 0.1) is 0 Å². The molecule has 40 valence electrons. The van der Waals surface area contributed by atoms with Gasteiger partial charge in [0.2, 0.25) is 5.96 Å². The van der Waals surface area contributed by atoms with E-state index in [9.17, 15) is 0 Å². The second-order valence-corrected chi connectivity index (χ2v) is 0.678. The van der Waals surface area contributed by atoms with E-state index in [0.29, 0.717) is 0 Å². The predicted octanol–water partition coefficient (Wildman–Crippen LogP) is -3.05. The molecule has 0 bridgehead atoms. The molecule has 7 heavy (non-hydrogen) atoms. The van der Waals surface area contributed by atoms with Crippen LogP contribution in [0.1, 0.15) is 1.43 Å². The molecule has 0 aromatic carbocycles. The molecule has 0 heterocycles. The zero-order chi connectivity index (χ0) is 4.28. The van der Waals surface area contributed by atoms with Crippen molar-refractivity contribution in [1.82, 2.24) is 0 Å². The summed E-state index contributed by atoms with van der Waals surface area (Å²) >= 11 is 4.67. The molecule has 0 aliphatic rings. The Morgan fingerprint density at radius 1 is 1.57 bits per heavy atom. The summed E-state index contributed by atoms with van der Waals surface area (Å²) in [7, 11) is 0. The Kier molecular flexibility index (Phi) is 22.3. The molecule has 0 fully saturated rings. The van der Waals surface area contributed by atoms with Crippen molar-refractivity contribution in [1.29, 1.82) is 0 Å². The summed E-state index contributed by atoms with van der Waals surface area (Å²) in [5.41, 5.74) is 9.38. The molecule has 0 aromatic rings. The van der Waals surface area contributed by atoms with Gasteiger partial charge in [-0.25, -0.2) is 0 Å². The van der Waals surface area contributed by atoms with Crippen molar-refractivity contribution in [2.75, 3.05) is 0 Å². The summed E-state index contributed by atoms with van der Waals surface area (Å²) in [6, 6.07) is 0. The van der Waals surface area contributed by atoms with Crippen LogP contribution in [-0.4, -0.2) is 5.96 Å². The van der Waals surface area contributed by atoms with Crippen LogP contribution in [0.3, 0.4) is 0 Å². The van der Waals surface area contributed by atoms with Crippen LogP contribution in [0.25, 0.3) is 0 Å². The van der Waals surface area contributed by atoms with Gasteiger partial charge in [-0.1, -0.05) is 0 Å². The van der Waals surface area contributed by atoms with Gasteiger partial charge in [-0.3, -0.25) is 0 Å². The van der Waals surface area contributed by atoms with E-state index in [0.717, 1.165) is 0 Å². The van der Waals surface area contributed by atoms with Crippen molar-refractivity contribution in [3.63, 3.8) is 0 Å². The van der Waals surface area contributed by atoms with Gasteiger partial charge in [0, 0.05) is 11.8 Å². The number of hydrogen-bond donors (Lipinski definition) is 2. The Morgan fingerprint density at radius 3 is 1.71 bits per heavy atom. The third kappa shape index (κ3) is 19.8. The third-order valence-corrected chi connectivity index (χ3v) is 0.293. The molecule has 0 rings (SSSR count). The molecule has 0 aliphatic heterocycles. The van der Waals surface area contributed by atoms with Gasteiger partial charge in [0.25, 0.3) is 0 Å². The van der Waals surface area contributed by atoms with Crippen LogP contribution >= 0.6 is 24.2 Å². The largest absolute Gasteiger partial charge is 1.00 e. The maximum atomic E-state index is 4.69. The van der Waals surface area contributed by atoms with Crippen LogP contribution in [0.2, 0.25) is 0 Å². The summed E-state index contributed by atoms with van der Waals surface area (Å²) in [4.78, 5) is 0. The van der Waals surface area contributed by atoms with Crippen LogP contribution in [0.15, 0.2) is 4.51 Å². The molecule has 0 saturated carbocycles. The number of halogens is 2. The maximum absolute atomic E-state index is 4.69. The second-order valence-electron chi connectivity index (χ2n) is 0.509. The SMILES string of the molecule is Cl.NC(N)=NCl.[H-].[Na+]. The van der Waals surface area contributed by atoms with Gasteiger partial charge < -0.3 is 12.9 Å². The number of guanidine groups is 1. The van der Waals surface area contributed by atoms with Crippen molar-refractivity contribution in [2.45, 2.75) is 0 Å². The molecule has 0 spiro atoms. The average molecular weight is 154 g/mol. The Hall–Kier alpha value is 0.850. The van der Waals surface area contributed by atoms with Gasteiger partial charge in [0.15, 0.2) is 0 Å². The number of nitrogens with zero attached hydrogens (tertiary/aromatic N) is 1. The van der Waals surface area contributed by atoms with Gasteiger partial charge >= 0.3 is 29.6 Å². The smallest absolute Gasteiger partial charge is 1.00 e. The van der Waals surface area contributed by atoms with E-state index in [-0.39, 0.29) is 49.4 Å². The fraction of sp³-hybridized carbons (Fsp3) is 0. The van der Waals surface area contributed by atoms with Crippen molar-refractivity contribution in [2.24, 2.45) is 16.0 Å². The first-order valence-corrected chi connectivity index (χ1v) is 1.31. The molecule has 0 radical (unpaired) electrons. The molecule has 4 N–H and O–H groups in total. The predicted molar refractivity (Wildman–Crippen MR) is 30.0 cm³/mol. The quantitative estimate of drug-likeness (QED) is 0.221. The summed E-state index contributed by atoms with van der Waals surface area (Å²) in [6.45, 7) is 0. The molecule has 0 saturated heterocycles. The zero-order valence-corrected chi connectivity index (χ0v) is 7.46. The van der Waals surface area contributed by atoms with E-state index in [1.54, 1.807) is 0 Å². The molecule has 0 aliphatic carbocycles. The average Bonchev–Trinajstić information content (AvgIpc) is 1.38. The molecule has 3 nitrogen and oxygen atoms in total.